The van der Waals surface area contributed by atoms with Crippen LogP contribution >= 0.6 is 0 Å². The van der Waals surface area contributed by atoms with Gasteiger partial charge in [0, 0.05) is 6.07 Å². The highest BCUT2D eigenvalue weighted by atomic mass is 32.2. The van der Waals surface area contributed by atoms with E-state index in [9.17, 15) is 21.6 Å². The van der Waals surface area contributed by atoms with Crippen LogP contribution in [0.4, 0.5) is 18.9 Å². The van der Waals surface area contributed by atoms with Gasteiger partial charge in [0.05, 0.1) is 12.8 Å². The molecule has 0 radical (unpaired) electrons. The number of alkyl halides is 3. The van der Waals surface area contributed by atoms with Gasteiger partial charge in [0.2, 0.25) is 0 Å². The third-order valence-corrected chi connectivity index (χ3v) is 4.11. The quantitative estimate of drug-likeness (QED) is 0.900. The topological polar surface area (TPSA) is 64.6 Å². The summed E-state index contributed by atoms with van der Waals surface area (Å²) in [5.74, 6) is -0.416. The van der Waals surface area contributed by atoms with Crippen LogP contribution in [0.3, 0.4) is 0 Å². The molecule has 0 saturated carbocycles. The molecule has 2 aromatic carbocycles. The van der Waals surface area contributed by atoms with Crippen LogP contribution in [-0.4, -0.2) is 21.9 Å². The third-order valence-electron chi connectivity index (χ3n) is 2.69. The molecule has 0 bridgehead atoms. The van der Waals surface area contributed by atoms with E-state index in [-0.39, 0.29) is 5.69 Å². The molecule has 0 saturated heterocycles. The summed E-state index contributed by atoms with van der Waals surface area (Å²) in [6.07, 6.45) is -5.00. The molecule has 2 aromatic rings. The summed E-state index contributed by atoms with van der Waals surface area (Å²) < 4.78 is 72.7. The van der Waals surface area contributed by atoms with Gasteiger partial charge in [-0.1, -0.05) is 18.2 Å². The standard InChI is InChI=1S/C14H12F3NO4S/c1-21-11-6-4-5-10(9-11)18-23(19,20)13-8-3-2-7-12(13)22-14(15,16)17/h2-9,18H,1H3. The third kappa shape index (κ3) is 4.52. The van der Waals surface area contributed by atoms with Gasteiger partial charge >= 0.3 is 6.36 Å². The first-order valence-corrected chi connectivity index (χ1v) is 7.71. The molecule has 23 heavy (non-hydrogen) atoms. The molecule has 0 aliphatic heterocycles. The number of rotatable bonds is 5. The lowest BCUT2D eigenvalue weighted by molar-refractivity contribution is -0.275. The predicted molar refractivity (Wildman–Crippen MR) is 76.9 cm³/mol. The molecule has 0 aliphatic carbocycles. The van der Waals surface area contributed by atoms with Gasteiger partial charge in [-0.3, -0.25) is 4.72 Å². The first-order chi connectivity index (χ1) is 10.7. The summed E-state index contributed by atoms with van der Waals surface area (Å²) in [4.78, 5) is -0.625. The van der Waals surface area contributed by atoms with Gasteiger partial charge in [-0.05, 0) is 24.3 Å². The smallest absolute Gasteiger partial charge is 0.497 e. The van der Waals surface area contributed by atoms with Crippen molar-refractivity contribution in [2.45, 2.75) is 11.3 Å². The lowest BCUT2D eigenvalue weighted by Crippen LogP contribution is -2.20. The molecular formula is C14H12F3NO4S. The Hall–Kier alpha value is -2.42. The minimum absolute atomic E-state index is 0.145. The second-order valence-corrected chi connectivity index (χ2v) is 5.98. The Kier molecular flexibility index (Phi) is 4.69. The Morgan fingerprint density at radius 1 is 1.04 bits per heavy atom. The minimum atomic E-state index is -5.00. The zero-order chi connectivity index (χ0) is 17.1. The second-order valence-electron chi connectivity index (χ2n) is 4.33. The Morgan fingerprint density at radius 3 is 2.39 bits per heavy atom. The summed E-state index contributed by atoms with van der Waals surface area (Å²) >= 11 is 0. The predicted octanol–water partition coefficient (Wildman–Crippen LogP) is 3.39. The Labute approximate surface area is 130 Å². The van der Waals surface area contributed by atoms with E-state index in [0.717, 1.165) is 12.1 Å². The molecule has 0 spiro atoms. The average Bonchev–Trinajstić information content (AvgIpc) is 2.45. The van der Waals surface area contributed by atoms with Gasteiger partial charge in [0.25, 0.3) is 10.0 Å². The molecule has 9 heteroatoms. The highest BCUT2D eigenvalue weighted by Crippen LogP contribution is 2.30. The number of benzene rings is 2. The van der Waals surface area contributed by atoms with E-state index in [1.807, 2.05) is 0 Å². The Bertz CT molecular complexity index is 791. The normalized spacial score (nSPS) is 11.8. The largest absolute Gasteiger partial charge is 0.573 e. The summed E-state index contributed by atoms with van der Waals surface area (Å²) in [6.45, 7) is 0. The summed E-state index contributed by atoms with van der Waals surface area (Å²) in [5, 5.41) is 0. The Morgan fingerprint density at radius 2 is 1.74 bits per heavy atom. The number of nitrogens with one attached hydrogen (secondary N) is 1. The van der Waals surface area contributed by atoms with Gasteiger partial charge in [0.15, 0.2) is 0 Å². The van der Waals surface area contributed by atoms with Crippen molar-refractivity contribution in [3.05, 3.63) is 48.5 Å². The minimum Gasteiger partial charge on any atom is -0.497 e. The van der Waals surface area contributed by atoms with Crippen molar-refractivity contribution in [1.82, 2.24) is 0 Å². The molecule has 2 rings (SSSR count). The monoisotopic (exact) mass is 347 g/mol. The highest BCUT2D eigenvalue weighted by Gasteiger charge is 2.34. The van der Waals surface area contributed by atoms with Crippen molar-refractivity contribution in [2.75, 3.05) is 11.8 Å². The van der Waals surface area contributed by atoms with E-state index in [1.54, 1.807) is 6.07 Å². The number of hydrogen-bond acceptors (Lipinski definition) is 4. The Balaban J connectivity index is 2.36. The van der Waals surface area contributed by atoms with Crippen LogP contribution in [0, 0.1) is 0 Å². The van der Waals surface area contributed by atoms with Crippen molar-refractivity contribution >= 4 is 15.7 Å². The second kappa shape index (κ2) is 6.37. The van der Waals surface area contributed by atoms with Crippen LogP contribution in [-0.2, 0) is 10.0 Å². The zero-order valence-electron chi connectivity index (χ0n) is 11.8. The van der Waals surface area contributed by atoms with Crippen molar-refractivity contribution in [2.24, 2.45) is 0 Å². The van der Waals surface area contributed by atoms with E-state index in [2.05, 4.69) is 9.46 Å². The SMILES string of the molecule is COc1cccc(NS(=O)(=O)c2ccccc2OC(F)(F)F)c1. The fourth-order valence-corrected chi connectivity index (χ4v) is 2.96. The van der Waals surface area contributed by atoms with E-state index in [0.29, 0.717) is 5.75 Å². The van der Waals surface area contributed by atoms with Crippen LogP contribution in [0.25, 0.3) is 0 Å². The maximum Gasteiger partial charge on any atom is 0.573 e. The zero-order valence-corrected chi connectivity index (χ0v) is 12.6. The van der Waals surface area contributed by atoms with Gasteiger partial charge in [-0.2, -0.15) is 0 Å². The van der Waals surface area contributed by atoms with Crippen LogP contribution in [0.15, 0.2) is 53.4 Å². The van der Waals surface area contributed by atoms with Crippen LogP contribution in [0.1, 0.15) is 0 Å². The van der Waals surface area contributed by atoms with Gasteiger partial charge < -0.3 is 9.47 Å². The van der Waals surface area contributed by atoms with Crippen molar-refractivity contribution in [1.29, 1.82) is 0 Å². The molecule has 0 heterocycles. The van der Waals surface area contributed by atoms with Gasteiger partial charge in [-0.15, -0.1) is 13.2 Å². The maximum absolute atomic E-state index is 12.4. The number of sulfonamides is 1. The molecule has 1 N–H and O–H groups in total. The fraction of sp³-hybridized carbons (Fsp3) is 0.143. The molecule has 124 valence electrons. The molecule has 0 atom stereocenters. The molecule has 5 nitrogen and oxygen atoms in total. The summed E-state index contributed by atoms with van der Waals surface area (Å²) in [5.41, 5.74) is 0.145. The van der Waals surface area contributed by atoms with E-state index < -0.39 is 27.0 Å². The van der Waals surface area contributed by atoms with Crippen LogP contribution in [0.2, 0.25) is 0 Å². The van der Waals surface area contributed by atoms with Crippen molar-refractivity contribution in [3.8, 4) is 11.5 Å². The molecule has 0 amide bonds. The lowest BCUT2D eigenvalue weighted by atomic mass is 10.3. The average molecular weight is 347 g/mol. The number of para-hydroxylation sites is 1. The molecule has 0 aromatic heterocycles. The number of methoxy groups -OCH3 is 1. The summed E-state index contributed by atoms with van der Waals surface area (Å²) in [7, 11) is -2.87. The number of hydrogen-bond donors (Lipinski definition) is 1. The summed E-state index contributed by atoms with van der Waals surface area (Å²) in [6, 6.07) is 10.4. The highest BCUT2D eigenvalue weighted by molar-refractivity contribution is 7.92. The lowest BCUT2D eigenvalue weighted by Gasteiger charge is -2.14. The molecule has 0 unspecified atom stereocenters. The van der Waals surface area contributed by atoms with Gasteiger partial charge in [-0.25, -0.2) is 8.42 Å². The fourth-order valence-electron chi connectivity index (χ4n) is 1.78. The molecular weight excluding hydrogens is 335 g/mol. The number of ether oxygens (including phenoxy) is 2. The number of halogens is 3. The van der Waals surface area contributed by atoms with Crippen molar-refractivity contribution in [3.63, 3.8) is 0 Å². The van der Waals surface area contributed by atoms with Gasteiger partial charge in [0.1, 0.15) is 16.4 Å². The van der Waals surface area contributed by atoms with Crippen LogP contribution < -0.4 is 14.2 Å². The van der Waals surface area contributed by atoms with Crippen LogP contribution in [0.5, 0.6) is 11.5 Å². The van der Waals surface area contributed by atoms with E-state index in [1.165, 1.54) is 37.4 Å². The maximum atomic E-state index is 12.4. The first kappa shape index (κ1) is 16.9. The van der Waals surface area contributed by atoms with E-state index in [4.69, 9.17) is 4.74 Å². The first-order valence-electron chi connectivity index (χ1n) is 6.23. The molecule has 0 aliphatic rings. The number of anilines is 1. The molecule has 0 fully saturated rings. The van der Waals surface area contributed by atoms with Crippen molar-refractivity contribution < 1.29 is 31.1 Å². The van der Waals surface area contributed by atoms with E-state index >= 15 is 0 Å².